The number of hydrogen-bond acceptors (Lipinski definition) is 13. The fourth-order valence-electron chi connectivity index (χ4n) is 5.66. The molecule has 0 heterocycles. The maximum absolute atomic E-state index is 12.7. The minimum absolute atomic E-state index is 0.110. The fraction of sp³-hybridized carbons (Fsp3) is 0.706. The van der Waals surface area contributed by atoms with Crippen molar-refractivity contribution in [3.8, 4) is 0 Å². The van der Waals surface area contributed by atoms with Crippen molar-refractivity contribution in [3.63, 3.8) is 0 Å². The lowest BCUT2D eigenvalue weighted by molar-refractivity contribution is -0.131. The smallest absolute Gasteiger partial charge is 0.234 e. The van der Waals surface area contributed by atoms with Crippen LogP contribution in [-0.4, -0.2) is 198 Å². The molecular weight excluding hydrogens is 791 g/mol. The van der Waals surface area contributed by atoms with E-state index in [0.717, 1.165) is 12.8 Å². The predicted molar refractivity (Wildman–Crippen MR) is 227 cm³/mol. The van der Waals surface area contributed by atoms with Gasteiger partial charge in [-0.05, 0) is 58.3 Å². The Morgan fingerprint density at radius 2 is 0.705 bits per heavy atom. The highest BCUT2D eigenvalue weighted by atomic mass is 16.2. The highest BCUT2D eigenvalue weighted by molar-refractivity contribution is 6.17. The Kier molecular flexibility index (Phi) is 32.0. The molecule has 0 aliphatic rings. The van der Waals surface area contributed by atoms with Crippen LogP contribution < -0.4 is 47.4 Å². The van der Waals surface area contributed by atoms with Crippen LogP contribution in [0.1, 0.15) is 71.1 Å². The van der Waals surface area contributed by atoms with Crippen LogP contribution in [0.25, 0.3) is 0 Å². The second-order valence-electron chi connectivity index (χ2n) is 14.0. The van der Waals surface area contributed by atoms with Crippen molar-refractivity contribution < 1.29 is 47.9 Å². The van der Waals surface area contributed by atoms with Crippen LogP contribution in [-0.2, 0) is 47.9 Å². The number of unbranched alkanes of at least 4 members (excludes halogenated alkanes) is 5. The van der Waals surface area contributed by atoms with Crippen molar-refractivity contribution >= 4 is 98.9 Å². The van der Waals surface area contributed by atoms with Crippen LogP contribution in [0, 0.1) is 0 Å². The third-order valence-corrected chi connectivity index (χ3v) is 8.68. The average molecular weight is 848 g/mol. The average Bonchev–Trinajstić information content (AvgIpc) is 3.21. The zero-order valence-electron chi connectivity index (χ0n) is 34.9. The van der Waals surface area contributed by atoms with Gasteiger partial charge in [-0.1, -0.05) is 6.42 Å². The molecule has 0 saturated carbocycles. The summed E-state index contributed by atoms with van der Waals surface area (Å²) in [6.07, 6.45) is 5.27. The molecular formula is C34H57B5N12O10. The Balaban J connectivity index is 4.73. The summed E-state index contributed by atoms with van der Waals surface area (Å²) in [5.41, 5.74) is 0. The quantitative estimate of drug-likeness (QED) is 0.0212. The highest BCUT2D eigenvalue weighted by Gasteiger charge is 2.28. The molecule has 61 heavy (non-hydrogen) atoms. The standard InChI is InChI=1S/C34H57B5N12O10/c1-24(52)10-4-2-6-12-40-26(53)16-49(20-30(57)44-35)17-27(54)41-13-7-3-8-14-42-28(55)18-50(21-31(58)45-36)19-29(56)43-15-9-5-11-25(34(61)48-39)51(22-32(59)46-37)23-33(60)47-38/h25H,2-23H2,1H3,(H,40,53)(H,41,54)(H,42,55)(H,43,56)(H,44,57)(H,45,58)(H,46,59)(H,47,60)(H,48,61)/t25-/m0/s1. The first-order valence-corrected chi connectivity index (χ1v) is 19.8. The number of carbonyl (C=O) groups is 10. The monoisotopic (exact) mass is 848 g/mol. The van der Waals surface area contributed by atoms with Crippen molar-refractivity contribution in [3.05, 3.63) is 0 Å². The molecule has 22 nitrogen and oxygen atoms in total. The molecule has 0 aromatic carbocycles. The lowest BCUT2D eigenvalue weighted by Crippen LogP contribution is -2.52. The van der Waals surface area contributed by atoms with Gasteiger partial charge in [0.25, 0.3) is 0 Å². The van der Waals surface area contributed by atoms with Crippen LogP contribution in [0.3, 0.4) is 0 Å². The summed E-state index contributed by atoms with van der Waals surface area (Å²) < 4.78 is 0. The van der Waals surface area contributed by atoms with Gasteiger partial charge in [-0.2, -0.15) is 0 Å². The van der Waals surface area contributed by atoms with Crippen LogP contribution in [0.15, 0.2) is 0 Å². The van der Waals surface area contributed by atoms with E-state index in [1.165, 1.54) is 21.6 Å². The third-order valence-electron chi connectivity index (χ3n) is 8.68. The van der Waals surface area contributed by atoms with E-state index in [0.29, 0.717) is 58.0 Å². The van der Waals surface area contributed by atoms with Gasteiger partial charge >= 0.3 is 0 Å². The molecule has 10 radical (unpaired) electrons. The summed E-state index contributed by atoms with van der Waals surface area (Å²) in [7, 11) is 26.0. The Morgan fingerprint density at radius 3 is 1.03 bits per heavy atom. The zero-order valence-corrected chi connectivity index (χ0v) is 34.9. The SMILES string of the molecule is [B]NC(=O)CN(CC(=O)NCCCCCNC(=O)CN(CC(=O)N[B])CC(=O)NCCCC[C@@H](C(=O)N[B])N(CC(=O)N[B])CC(=O)N[B])CC(=O)NCCCCCC(C)=O. The summed E-state index contributed by atoms with van der Waals surface area (Å²) in [6.45, 7) is 0.170. The number of rotatable bonds is 35. The van der Waals surface area contributed by atoms with E-state index in [-0.39, 0.29) is 70.5 Å². The van der Waals surface area contributed by atoms with Gasteiger partial charge in [0, 0.05) is 32.6 Å². The van der Waals surface area contributed by atoms with Crippen LogP contribution >= 0.6 is 0 Å². The fourth-order valence-corrected chi connectivity index (χ4v) is 5.66. The molecule has 0 spiro atoms. The molecule has 0 unspecified atom stereocenters. The Labute approximate surface area is 363 Å². The molecule has 0 saturated heterocycles. The van der Waals surface area contributed by atoms with Gasteiger partial charge in [0.2, 0.25) is 93.1 Å². The van der Waals surface area contributed by atoms with Gasteiger partial charge < -0.3 is 52.2 Å². The molecule has 27 heteroatoms. The van der Waals surface area contributed by atoms with Gasteiger partial charge in [-0.25, -0.2) is 0 Å². The molecule has 0 bridgehead atoms. The molecule has 0 aliphatic heterocycles. The van der Waals surface area contributed by atoms with E-state index in [1.54, 1.807) is 0 Å². The second kappa shape index (κ2) is 34.8. The first-order valence-electron chi connectivity index (χ1n) is 19.8. The Bertz CT molecular complexity index is 1420. The van der Waals surface area contributed by atoms with Gasteiger partial charge in [-0.3, -0.25) is 57.9 Å². The van der Waals surface area contributed by atoms with Crippen molar-refractivity contribution in [2.75, 3.05) is 78.5 Å². The van der Waals surface area contributed by atoms with Crippen molar-refractivity contribution in [2.24, 2.45) is 0 Å². The minimum atomic E-state index is -1.01. The number of hydrogen-bond donors (Lipinski definition) is 9. The van der Waals surface area contributed by atoms with E-state index in [1.807, 2.05) is 26.1 Å². The summed E-state index contributed by atoms with van der Waals surface area (Å²) in [4.78, 5) is 125. The number of nitrogens with zero attached hydrogens (tertiary/aromatic N) is 3. The first kappa shape index (κ1) is 56.1. The van der Waals surface area contributed by atoms with Crippen LogP contribution in [0.5, 0.6) is 0 Å². The second-order valence-corrected chi connectivity index (χ2v) is 14.0. The van der Waals surface area contributed by atoms with E-state index in [2.05, 4.69) is 21.3 Å². The number of Topliss-reactive ketones (excluding diaryl/α,β-unsaturated/α-hetero) is 1. The molecule has 9 N–H and O–H groups in total. The molecule has 0 rings (SSSR count). The highest BCUT2D eigenvalue weighted by Crippen LogP contribution is 2.10. The van der Waals surface area contributed by atoms with Crippen LogP contribution in [0.2, 0.25) is 0 Å². The summed E-state index contributed by atoms with van der Waals surface area (Å²) in [6, 6.07) is -1.01. The molecule has 0 aromatic heterocycles. The van der Waals surface area contributed by atoms with E-state index >= 15 is 0 Å². The number of nitrogens with one attached hydrogen (secondary N) is 9. The van der Waals surface area contributed by atoms with Gasteiger partial charge in [0.1, 0.15) is 5.78 Å². The maximum Gasteiger partial charge on any atom is 0.234 e. The Morgan fingerprint density at radius 1 is 0.393 bits per heavy atom. The first-order chi connectivity index (χ1) is 29.1. The van der Waals surface area contributed by atoms with Crippen LogP contribution in [0.4, 0.5) is 0 Å². The topological polar surface area (TPSA) is 289 Å². The Hall–Kier alpha value is -4.90. The largest absolute Gasteiger partial charge is 0.408 e. The normalized spacial score (nSPS) is 11.2. The number of ketones is 1. The molecule has 9 amide bonds. The molecule has 328 valence electrons. The summed E-state index contributed by atoms with van der Waals surface area (Å²) in [5.74, 6) is -4.83. The lowest BCUT2D eigenvalue weighted by Gasteiger charge is -2.29. The zero-order chi connectivity index (χ0) is 46.0. The summed E-state index contributed by atoms with van der Waals surface area (Å²) >= 11 is 0. The van der Waals surface area contributed by atoms with E-state index < -0.39 is 66.4 Å². The van der Waals surface area contributed by atoms with Gasteiger partial charge in [0.15, 0.2) is 0 Å². The maximum atomic E-state index is 12.7. The van der Waals surface area contributed by atoms with Crippen molar-refractivity contribution in [2.45, 2.75) is 77.2 Å². The van der Waals surface area contributed by atoms with Crippen molar-refractivity contribution in [1.82, 2.24) is 62.1 Å². The van der Waals surface area contributed by atoms with E-state index in [4.69, 9.17) is 39.9 Å². The van der Waals surface area contributed by atoms with Crippen molar-refractivity contribution in [1.29, 1.82) is 0 Å². The number of carbonyl (C=O) groups excluding carboxylic acids is 10. The predicted octanol–water partition coefficient (Wildman–Crippen LogP) is -6.79. The lowest BCUT2D eigenvalue weighted by atomic mass is 10.1. The molecule has 0 fully saturated rings. The molecule has 1 atom stereocenters. The minimum Gasteiger partial charge on any atom is -0.408 e. The third kappa shape index (κ3) is 29.9. The van der Waals surface area contributed by atoms with Gasteiger partial charge in [0.05, 0.1) is 58.4 Å². The molecule has 0 aromatic rings. The van der Waals surface area contributed by atoms with E-state index in [9.17, 15) is 47.9 Å². The number of amides is 9. The molecule has 0 aliphatic carbocycles. The van der Waals surface area contributed by atoms with Gasteiger partial charge in [-0.15, -0.1) is 0 Å². The summed E-state index contributed by atoms with van der Waals surface area (Å²) in [5, 5.41) is 20.6.